The van der Waals surface area contributed by atoms with E-state index < -0.39 is 11.5 Å². The van der Waals surface area contributed by atoms with Crippen molar-refractivity contribution in [2.45, 2.75) is 20.0 Å². The summed E-state index contributed by atoms with van der Waals surface area (Å²) in [5.41, 5.74) is 1.08. The number of esters is 1. The molecule has 0 saturated heterocycles. The molecular formula is C13H14ClN3O3S. The maximum absolute atomic E-state index is 12.0. The zero-order chi connectivity index (χ0) is 15.4. The lowest BCUT2D eigenvalue weighted by molar-refractivity contribution is -0.141. The third-order valence-electron chi connectivity index (χ3n) is 2.90. The fourth-order valence-corrected chi connectivity index (χ4v) is 2.71. The molecule has 0 fully saturated rings. The molecule has 0 unspecified atom stereocenters. The number of hydrogen-bond donors (Lipinski definition) is 1. The van der Waals surface area contributed by atoms with Crippen molar-refractivity contribution in [2.75, 3.05) is 12.4 Å². The normalized spacial score (nSPS) is 10.4. The maximum atomic E-state index is 12.0. The number of rotatable bonds is 5. The zero-order valence-corrected chi connectivity index (χ0v) is 13.1. The molecule has 2 aromatic heterocycles. The second-order valence-electron chi connectivity index (χ2n) is 4.29. The van der Waals surface area contributed by atoms with E-state index >= 15 is 0 Å². The van der Waals surface area contributed by atoms with Gasteiger partial charge in [-0.3, -0.25) is 9.59 Å². The first-order valence-corrected chi connectivity index (χ1v) is 7.38. The summed E-state index contributed by atoms with van der Waals surface area (Å²) in [4.78, 5) is 24.3. The van der Waals surface area contributed by atoms with Crippen molar-refractivity contribution >= 4 is 34.6 Å². The van der Waals surface area contributed by atoms with Crippen molar-refractivity contribution in [1.29, 1.82) is 0 Å². The van der Waals surface area contributed by atoms with Gasteiger partial charge in [0, 0.05) is 11.4 Å². The smallest absolute Gasteiger partial charge is 0.327 e. The molecule has 2 rings (SSSR count). The van der Waals surface area contributed by atoms with Gasteiger partial charge in [-0.2, -0.15) is 5.10 Å². The van der Waals surface area contributed by atoms with E-state index in [1.165, 1.54) is 18.9 Å². The molecule has 21 heavy (non-hydrogen) atoms. The molecule has 6 nitrogen and oxygen atoms in total. The van der Waals surface area contributed by atoms with E-state index in [1.54, 1.807) is 11.3 Å². The van der Waals surface area contributed by atoms with Crippen molar-refractivity contribution in [3.8, 4) is 0 Å². The van der Waals surface area contributed by atoms with Crippen LogP contribution in [0.15, 0.2) is 22.4 Å². The summed E-state index contributed by atoms with van der Waals surface area (Å²) in [5.74, 6) is -0.560. The van der Waals surface area contributed by atoms with Crippen molar-refractivity contribution in [3.05, 3.63) is 43.5 Å². The Labute approximate surface area is 130 Å². The first-order chi connectivity index (χ1) is 10.0. The Morgan fingerprint density at radius 2 is 2.33 bits per heavy atom. The van der Waals surface area contributed by atoms with Crippen LogP contribution in [0.4, 0.5) is 5.69 Å². The lowest BCUT2D eigenvalue weighted by Crippen LogP contribution is -2.28. The lowest BCUT2D eigenvalue weighted by Gasteiger charge is -2.09. The fourth-order valence-electron chi connectivity index (χ4n) is 1.65. The number of hydrogen-bond acceptors (Lipinski definition) is 6. The van der Waals surface area contributed by atoms with Crippen LogP contribution in [0.3, 0.4) is 0 Å². The monoisotopic (exact) mass is 327 g/mol. The average Bonchev–Trinajstić information content (AvgIpc) is 2.88. The molecule has 2 heterocycles. The minimum absolute atomic E-state index is 0.00288. The number of halogens is 1. The first-order valence-electron chi connectivity index (χ1n) is 6.12. The molecule has 0 bridgehead atoms. The van der Waals surface area contributed by atoms with Gasteiger partial charge in [-0.05, 0) is 23.9 Å². The SMILES string of the molecule is COC(=O)Cn1ncc(NCc2sccc2C)c(Cl)c1=O. The van der Waals surface area contributed by atoms with Crippen LogP contribution in [0.25, 0.3) is 0 Å². The number of nitrogens with one attached hydrogen (secondary N) is 1. The van der Waals surface area contributed by atoms with E-state index in [2.05, 4.69) is 15.2 Å². The fraction of sp³-hybridized carbons (Fsp3) is 0.308. The van der Waals surface area contributed by atoms with Gasteiger partial charge in [0.1, 0.15) is 11.6 Å². The summed E-state index contributed by atoms with van der Waals surface area (Å²) in [6.45, 7) is 2.31. The molecule has 0 aliphatic carbocycles. The van der Waals surface area contributed by atoms with Crippen LogP contribution in [0.5, 0.6) is 0 Å². The van der Waals surface area contributed by atoms with Gasteiger partial charge in [-0.15, -0.1) is 11.3 Å². The van der Waals surface area contributed by atoms with Crippen LogP contribution in [0, 0.1) is 6.92 Å². The van der Waals surface area contributed by atoms with E-state index in [0.29, 0.717) is 12.2 Å². The highest BCUT2D eigenvalue weighted by molar-refractivity contribution is 7.10. The highest BCUT2D eigenvalue weighted by Gasteiger charge is 2.12. The second-order valence-corrected chi connectivity index (χ2v) is 5.67. The number of anilines is 1. The highest BCUT2D eigenvalue weighted by Crippen LogP contribution is 2.20. The summed E-state index contributed by atoms with van der Waals surface area (Å²) in [6, 6.07) is 2.02. The van der Waals surface area contributed by atoms with Crippen LogP contribution < -0.4 is 10.9 Å². The summed E-state index contributed by atoms with van der Waals surface area (Å²) in [5, 5.41) is 8.99. The molecule has 0 aromatic carbocycles. The van der Waals surface area contributed by atoms with Crippen molar-refractivity contribution in [1.82, 2.24) is 9.78 Å². The molecule has 0 atom stereocenters. The molecule has 2 aromatic rings. The average molecular weight is 328 g/mol. The van der Waals surface area contributed by atoms with Gasteiger partial charge in [0.25, 0.3) is 5.56 Å². The molecule has 0 spiro atoms. The topological polar surface area (TPSA) is 73.2 Å². The van der Waals surface area contributed by atoms with Crippen LogP contribution in [0.2, 0.25) is 5.02 Å². The van der Waals surface area contributed by atoms with Gasteiger partial charge in [-0.25, -0.2) is 4.68 Å². The van der Waals surface area contributed by atoms with E-state index in [9.17, 15) is 9.59 Å². The van der Waals surface area contributed by atoms with Crippen molar-refractivity contribution < 1.29 is 9.53 Å². The Morgan fingerprint density at radius 3 is 2.95 bits per heavy atom. The molecule has 0 saturated carbocycles. The number of thiophene rings is 1. The number of aromatic nitrogens is 2. The van der Waals surface area contributed by atoms with Crippen LogP contribution in [-0.2, 0) is 22.6 Å². The van der Waals surface area contributed by atoms with Gasteiger partial charge >= 0.3 is 5.97 Å². The zero-order valence-electron chi connectivity index (χ0n) is 11.6. The van der Waals surface area contributed by atoms with Crippen molar-refractivity contribution in [2.24, 2.45) is 0 Å². The molecular weight excluding hydrogens is 314 g/mol. The number of carbonyl (C=O) groups excluding carboxylic acids is 1. The lowest BCUT2D eigenvalue weighted by atomic mass is 10.3. The third kappa shape index (κ3) is 3.62. The van der Waals surface area contributed by atoms with Gasteiger partial charge < -0.3 is 10.1 Å². The van der Waals surface area contributed by atoms with E-state index in [1.807, 2.05) is 18.4 Å². The standard InChI is InChI=1S/C13H14ClN3O3S/c1-8-3-4-21-10(8)6-15-9-5-16-17(7-11(18)20-2)13(19)12(9)14/h3-5,15H,6-7H2,1-2H3. The number of nitrogens with zero attached hydrogens (tertiary/aromatic N) is 2. The summed E-state index contributed by atoms with van der Waals surface area (Å²) in [7, 11) is 1.24. The quantitative estimate of drug-likeness (QED) is 0.851. The predicted octanol–water partition coefficient (Wildman–Crippen LogP) is 2.05. The Hall–Kier alpha value is -1.86. The Bertz CT molecular complexity index is 711. The minimum atomic E-state index is -0.560. The minimum Gasteiger partial charge on any atom is -0.468 e. The van der Waals surface area contributed by atoms with Crippen molar-refractivity contribution in [3.63, 3.8) is 0 Å². The van der Waals surface area contributed by atoms with Crippen LogP contribution >= 0.6 is 22.9 Å². The summed E-state index contributed by atoms with van der Waals surface area (Å²) >= 11 is 7.64. The Kier molecular flexibility index (Phi) is 4.98. The van der Waals surface area contributed by atoms with E-state index in [4.69, 9.17) is 11.6 Å². The number of aryl methyl sites for hydroxylation is 1. The molecule has 8 heteroatoms. The second kappa shape index (κ2) is 6.73. The first kappa shape index (κ1) is 15.5. The predicted molar refractivity (Wildman–Crippen MR) is 81.9 cm³/mol. The van der Waals surface area contributed by atoms with Crippen LogP contribution in [-0.4, -0.2) is 22.9 Å². The molecule has 1 N–H and O–H groups in total. The van der Waals surface area contributed by atoms with E-state index in [-0.39, 0.29) is 11.6 Å². The number of ether oxygens (including phenoxy) is 1. The highest BCUT2D eigenvalue weighted by atomic mass is 35.5. The third-order valence-corrected chi connectivity index (χ3v) is 4.29. The number of carbonyl (C=O) groups is 1. The van der Waals surface area contributed by atoms with Gasteiger partial charge in [0.05, 0.1) is 19.0 Å². The van der Waals surface area contributed by atoms with E-state index in [0.717, 1.165) is 9.56 Å². The summed E-state index contributed by atoms with van der Waals surface area (Å²) in [6.07, 6.45) is 1.43. The molecule has 0 aliphatic rings. The molecule has 0 radical (unpaired) electrons. The van der Waals surface area contributed by atoms with Gasteiger partial charge in [0.15, 0.2) is 0 Å². The van der Waals surface area contributed by atoms with Gasteiger partial charge in [-0.1, -0.05) is 11.6 Å². The largest absolute Gasteiger partial charge is 0.468 e. The van der Waals surface area contributed by atoms with Gasteiger partial charge in [0.2, 0.25) is 0 Å². The maximum Gasteiger partial charge on any atom is 0.327 e. The summed E-state index contributed by atoms with van der Waals surface area (Å²) < 4.78 is 5.46. The number of methoxy groups -OCH3 is 1. The molecule has 0 amide bonds. The Morgan fingerprint density at radius 1 is 1.57 bits per heavy atom. The van der Waals surface area contributed by atoms with Crippen LogP contribution in [0.1, 0.15) is 10.4 Å². The molecule has 112 valence electrons. The molecule has 0 aliphatic heterocycles. The Balaban J connectivity index is 2.15.